The van der Waals surface area contributed by atoms with Crippen molar-refractivity contribution < 1.29 is 4.74 Å². The lowest BCUT2D eigenvalue weighted by Gasteiger charge is -2.34. The Hall–Kier alpha value is -2.51. The molecule has 1 saturated heterocycles. The minimum Gasteiger partial charge on any atom is -0.373 e. The number of aromatic nitrogens is 4. The number of H-pyrrole nitrogens is 1. The van der Waals surface area contributed by atoms with Gasteiger partial charge in [-0.3, -0.25) is 9.69 Å². The summed E-state index contributed by atoms with van der Waals surface area (Å²) in [4.78, 5) is 22.2. The number of para-hydroxylation sites is 1. The van der Waals surface area contributed by atoms with E-state index in [9.17, 15) is 4.79 Å². The van der Waals surface area contributed by atoms with Crippen LogP contribution in [-0.2, 0) is 11.3 Å². The summed E-state index contributed by atoms with van der Waals surface area (Å²) in [7, 11) is 0. The highest BCUT2D eigenvalue weighted by molar-refractivity contribution is 5.75. The van der Waals surface area contributed by atoms with Crippen LogP contribution < -0.4 is 5.56 Å². The number of fused-ring (bicyclic) bond motifs is 1. The third kappa shape index (κ3) is 3.20. The molecule has 3 heterocycles. The number of hydrogen-bond donors (Lipinski definition) is 1. The van der Waals surface area contributed by atoms with Crippen LogP contribution in [0.15, 0.2) is 41.3 Å². The van der Waals surface area contributed by atoms with Crippen molar-refractivity contribution in [2.24, 2.45) is 0 Å². The molecule has 7 nitrogen and oxygen atoms in total. The van der Waals surface area contributed by atoms with Gasteiger partial charge in [-0.2, -0.15) is 5.10 Å². The summed E-state index contributed by atoms with van der Waals surface area (Å²) < 4.78 is 7.47. The van der Waals surface area contributed by atoms with Crippen LogP contribution in [0.25, 0.3) is 16.7 Å². The second-order valence-corrected chi connectivity index (χ2v) is 6.59. The van der Waals surface area contributed by atoms with E-state index in [1.807, 2.05) is 30.3 Å². The van der Waals surface area contributed by atoms with Crippen molar-refractivity contribution in [2.75, 3.05) is 13.1 Å². The highest BCUT2D eigenvalue weighted by Crippen LogP contribution is 2.16. The number of nitrogens with one attached hydrogen (secondary N) is 1. The Bertz CT molecular complexity index is 924. The molecule has 1 aromatic carbocycles. The van der Waals surface area contributed by atoms with Crippen molar-refractivity contribution in [1.29, 1.82) is 0 Å². The van der Waals surface area contributed by atoms with Crippen molar-refractivity contribution >= 4 is 11.0 Å². The SMILES string of the molecule is C[C@@H]1CN(Cc2nc3c(cnn3-c3ccccc3)c(=O)[nH]2)C[C@H](C)O1. The van der Waals surface area contributed by atoms with Gasteiger partial charge >= 0.3 is 0 Å². The lowest BCUT2D eigenvalue weighted by molar-refractivity contribution is -0.0710. The first-order valence-electron chi connectivity index (χ1n) is 8.50. The molecule has 1 aliphatic rings. The summed E-state index contributed by atoms with van der Waals surface area (Å²) >= 11 is 0. The Morgan fingerprint density at radius 2 is 1.92 bits per heavy atom. The molecule has 25 heavy (non-hydrogen) atoms. The summed E-state index contributed by atoms with van der Waals surface area (Å²) in [5, 5.41) is 4.84. The lowest BCUT2D eigenvalue weighted by Crippen LogP contribution is -2.45. The van der Waals surface area contributed by atoms with Gasteiger partial charge in [-0.1, -0.05) is 18.2 Å². The monoisotopic (exact) mass is 339 g/mol. The van der Waals surface area contributed by atoms with Gasteiger partial charge < -0.3 is 9.72 Å². The van der Waals surface area contributed by atoms with Crippen LogP contribution in [0.5, 0.6) is 0 Å². The molecule has 0 bridgehead atoms. The summed E-state index contributed by atoms with van der Waals surface area (Å²) in [5.74, 6) is 0.650. The zero-order valence-corrected chi connectivity index (χ0v) is 14.3. The summed E-state index contributed by atoms with van der Waals surface area (Å²) in [6.07, 6.45) is 1.92. The molecule has 0 amide bonds. The first kappa shape index (κ1) is 16.0. The van der Waals surface area contributed by atoms with Gasteiger partial charge in [-0.05, 0) is 26.0 Å². The molecule has 4 rings (SSSR count). The molecule has 2 atom stereocenters. The zero-order chi connectivity index (χ0) is 17.4. The van der Waals surface area contributed by atoms with E-state index in [4.69, 9.17) is 4.74 Å². The van der Waals surface area contributed by atoms with E-state index in [2.05, 4.69) is 33.8 Å². The normalized spacial score (nSPS) is 21.7. The standard InChI is InChI=1S/C18H21N5O2/c1-12-9-22(10-13(2)25-12)11-16-20-17-15(18(24)21-16)8-19-23(17)14-6-4-3-5-7-14/h3-8,12-13H,9-11H2,1-2H3,(H,20,21,24)/t12-,13+. The fourth-order valence-corrected chi connectivity index (χ4v) is 3.42. The van der Waals surface area contributed by atoms with Gasteiger partial charge in [0.2, 0.25) is 0 Å². The van der Waals surface area contributed by atoms with Crippen LogP contribution in [0.1, 0.15) is 19.7 Å². The van der Waals surface area contributed by atoms with Crippen molar-refractivity contribution in [3.05, 3.63) is 52.7 Å². The quantitative estimate of drug-likeness (QED) is 0.786. The van der Waals surface area contributed by atoms with Crippen molar-refractivity contribution in [1.82, 2.24) is 24.6 Å². The lowest BCUT2D eigenvalue weighted by atomic mass is 10.2. The molecule has 1 aliphatic heterocycles. The van der Waals surface area contributed by atoms with Gasteiger partial charge in [0.05, 0.1) is 30.6 Å². The van der Waals surface area contributed by atoms with Gasteiger partial charge in [-0.15, -0.1) is 0 Å². The Kier molecular flexibility index (Phi) is 4.10. The van der Waals surface area contributed by atoms with Crippen LogP contribution in [0.3, 0.4) is 0 Å². The van der Waals surface area contributed by atoms with Crippen molar-refractivity contribution in [3.8, 4) is 5.69 Å². The van der Waals surface area contributed by atoms with Crippen LogP contribution in [0.2, 0.25) is 0 Å². The predicted octanol–water partition coefficient (Wildman–Crippen LogP) is 1.72. The number of aromatic amines is 1. The number of morpholine rings is 1. The van der Waals surface area contributed by atoms with E-state index < -0.39 is 0 Å². The molecule has 0 radical (unpaired) electrons. The maximum Gasteiger partial charge on any atom is 0.262 e. The minimum absolute atomic E-state index is 0.156. The number of benzene rings is 1. The van der Waals surface area contributed by atoms with Gasteiger partial charge in [0.25, 0.3) is 5.56 Å². The number of ether oxygens (including phenoxy) is 1. The fraction of sp³-hybridized carbons (Fsp3) is 0.389. The van der Waals surface area contributed by atoms with Gasteiger partial charge in [-0.25, -0.2) is 9.67 Å². The minimum atomic E-state index is -0.156. The third-order valence-corrected chi connectivity index (χ3v) is 4.36. The average molecular weight is 339 g/mol. The van der Waals surface area contributed by atoms with E-state index in [-0.39, 0.29) is 17.8 Å². The molecule has 1 N–H and O–H groups in total. The number of hydrogen-bond acceptors (Lipinski definition) is 5. The Morgan fingerprint density at radius 3 is 2.64 bits per heavy atom. The van der Waals surface area contributed by atoms with Crippen LogP contribution in [-0.4, -0.2) is 49.9 Å². The van der Waals surface area contributed by atoms with Crippen LogP contribution in [0, 0.1) is 0 Å². The smallest absolute Gasteiger partial charge is 0.262 e. The molecule has 0 spiro atoms. The Balaban J connectivity index is 1.70. The van der Waals surface area contributed by atoms with E-state index >= 15 is 0 Å². The molecular formula is C18H21N5O2. The van der Waals surface area contributed by atoms with Gasteiger partial charge in [0.1, 0.15) is 11.2 Å². The van der Waals surface area contributed by atoms with E-state index in [1.165, 1.54) is 0 Å². The van der Waals surface area contributed by atoms with E-state index in [1.54, 1.807) is 10.9 Å². The Labute approximate surface area is 145 Å². The summed E-state index contributed by atoms with van der Waals surface area (Å²) in [6, 6.07) is 9.71. The average Bonchev–Trinajstić information content (AvgIpc) is 2.99. The number of rotatable bonds is 3. The molecule has 0 aliphatic carbocycles. The van der Waals surface area contributed by atoms with Gasteiger partial charge in [0.15, 0.2) is 5.65 Å². The van der Waals surface area contributed by atoms with Crippen LogP contribution >= 0.6 is 0 Å². The second kappa shape index (κ2) is 6.42. The fourth-order valence-electron chi connectivity index (χ4n) is 3.42. The first-order chi connectivity index (χ1) is 12.1. The molecular weight excluding hydrogens is 318 g/mol. The third-order valence-electron chi connectivity index (χ3n) is 4.36. The van der Waals surface area contributed by atoms with Crippen molar-refractivity contribution in [2.45, 2.75) is 32.6 Å². The maximum atomic E-state index is 12.4. The largest absolute Gasteiger partial charge is 0.373 e. The molecule has 130 valence electrons. The zero-order valence-electron chi connectivity index (χ0n) is 14.3. The molecule has 0 unspecified atom stereocenters. The van der Waals surface area contributed by atoms with E-state index in [0.29, 0.717) is 23.4 Å². The predicted molar refractivity (Wildman–Crippen MR) is 94.8 cm³/mol. The second-order valence-electron chi connectivity index (χ2n) is 6.59. The summed E-state index contributed by atoms with van der Waals surface area (Å²) in [6.45, 7) is 6.36. The first-order valence-corrected chi connectivity index (χ1v) is 8.50. The Morgan fingerprint density at radius 1 is 1.20 bits per heavy atom. The molecule has 0 saturated carbocycles. The highest BCUT2D eigenvalue weighted by atomic mass is 16.5. The van der Waals surface area contributed by atoms with Crippen molar-refractivity contribution in [3.63, 3.8) is 0 Å². The topological polar surface area (TPSA) is 76.0 Å². The highest BCUT2D eigenvalue weighted by Gasteiger charge is 2.23. The van der Waals surface area contributed by atoms with Gasteiger partial charge in [0, 0.05) is 13.1 Å². The molecule has 7 heteroatoms. The molecule has 3 aromatic rings. The molecule has 1 fully saturated rings. The molecule has 2 aromatic heterocycles. The number of nitrogens with zero attached hydrogens (tertiary/aromatic N) is 4. The maximum absolute atomic E-state index is 12.4. The summed E-state index contributed by atoms with van der Waals surface area (Å²) in [5.41, 5.74) is 1.31. The van der Waals surface area contributed by atoms with Crippen LogP contribution in [0.4, 0.5) is 0 Å². The van der Waals surface area contributed by atoms with E-state index in [0.717, 1.165) is 18.8 Å².